The largest absolute Gasteiger partial charge is 0.452 e. The highest BCUT2D eigenvalue weighted by Crippen LogP contribution is 2.33. The fourth-order valence-corrected chi connectivity index (χ4v) is 5.01. The van der Waals surface area contributed by atoms with E-state index in [0.717, 1.165) is 50.0 Å². The smallest absolute Gasteiger partial charge is 0.340 e. The monoisotopic (exact) mass is 459 g/mol. The van der Waals surface area contributed by atoms with Crippen molar-refractivity contribution >= 4 is 34.4 Å². The van der Waals surface area contributed by atoms with Crippen LogP contribution in [-0.2, 0) is 14.3 Å². The molecule has 2 heterocycles. The Morgan fingerprint density at radius 2 is 1.94 bits per heavy atom. The summed E-state index contributed by atoms with van der Waals surface area (Å²) in [4.78, 5) is 32.1. The first kappa shape index (κ1) is 23.0. The summed E-state index contributed by atoms with van der Waals surface area (Å²) in [6.07, 6.45) is 5.71. The molecule has 0 spiro atoms. The summed E-state index contributed by atoms with van der Waals surface area (Å²) in [6, 6.07) is 7.03. The summed E-state index contributed by atoms with van der Waals surface area (Å²) in [5, 5.41) is 4.34. The van der Waals surface area contributed by atoms with Crippen LogP contribution in [0.15, 0.2) is 24.3 Å². The quantitative estimate of drug-likeness (QED) is 0.666. The molecule has 0 unspecified atom stereocenters. The van der Waals surface area contributed by atoms with Crippen LogP contribution in [0.4, 0.5) is 0 Å². The minimum atomic E-state index is -0.562. The van der Waals surface area contributed by atoms with E-state index in [1.54, 1.807) is 25.1 Å². The van der Waals surface area contributed by atoms with Crippen molar-refractivity contribution in [1.82, 2.24) is 15.2 Å². The Balaban J connectivity index is 1.35. The maximum absolute atomic E-state index is 12.6. The predicted molar refractivity (Wildman–Crippen MR) is 123 cm³/mol. The van der Waals surface area contributed by atoms with Gasteiger partial charge in [-0.15, -0.1) is 0 Å². The van der Waals surface area contributed by atoms with Gasteiger partial charge in [0.25, 0.3) is 5.91 Å². The van der Waals surface area contributed by atoms with Crippen LogP contribution >= 0.6 is 11.6 Å². The molecule has 1 aromatic heterocycles. The highest BCUT2D eigenvalue weighted by atomic mass is 35.5. The van der Waals surface area contributed by atoms with Crippen LogP contribution in [0.2, 0.25) is 5.02 Å². The zero-order chi connectivity index (χ0) is 22.6. The van der Waals surface area contributed by atoms with Gasteiger partial charge >= 0.3 is 5.97 Å². The van der Waals surface area contributed by atoms with E-state index in [0.29, 0.717) is 22.8 Å². The normalized spacial score (nSPS) is 18.9. The van der Waals surface area contributed by atoms with E-state index >= 15 is 0 Å². The first-order valence-corrected chi connectivity index (χ1v) is 11.7. The molecule has 0 bridgehead atoms. The van der Waals surface area contributed by atoms with Gasteiger partial charge in [0.15, 0.2) is 6.61 Å². The molecule has 1 aliphatic heterocycles. The molecule has 0 radical (unpaired) electrons. The molecule has 2 aliphatic rings. The van der Waals surface area contributed by atoms with Gasteiger partial charge in [-0.2, -0.15) is 0 Å². The molecule has 2 fully saturated rings. The van der Waals surface area contributed by atoms with Crippen molar-refractivity contribution in [1.29, 1.82) is 0 Å². The molecule has 1 aliphatic carbocycles. The van der Waals surface area contributed by atoms with Crippen molar-refractivity contribution in [3.8, 4) is 0 Å². The summed E-state index contributed by atoms with van der Waals surface area (Å²) in [5.41, 5.74) is 1.62. The standard InChI is InChI=1S/C24H30ClN3O4/c1-17-20(14-18-13-19(25)5-6-21(18)27-17)23(30)32-15-22(29)26-16-24(7-3-2-4-8-24)28-9-11-31-12-10-28/h5-6,13-14H,2-4,7-12,15-16H2,1H3,(H,26,29). The molecule has 1 saturated carbocycles. The van der Waals surface area contributed by atoms with Crippen LogP contribution < -0.4 is 5.32 Å². The van der Waals surface area contributed by atoms with Crippen molar-refractivity contribution in [3.63, 3.8) is 0 Å². The number of hydrogen-bond donors (Lipinski definition) is 1. The topological polar surface area (TPSA) is 80.8 Å². The highest BCUT2D eigenvalue weighted by Gasteiger charge is 2.38. The van der Waals surface area contributed by atoms with Gasteiger partial charge in [-0.3, -0.25) is 14.7 Å². The summed E-state index contributed by atoms with van der Waals surface area (Å²) in [7, 11) is 0. The van der Waals surface area contributed by atoms with E-state index in [1.165, 1.54) is 19.3 Å². The zero-order valence-electron chi connectivity index (χ0n) is 18.5. The van der Waals surface area contributed by atoms with E-state index < -0.39 is 5.97 Å². The minimum Gasteiger partial charge on any atom is -0.452 e. The van der Waals surface area contributed by atoms with Crippen LogP contribution in [0.1, 0.15) is 48.2 Å². The van der Waals surface area contributed by atoms with Crippen LogP contribution in [0, 0.1) is 6.92 Å². The molecule has 1 N–H and O–H groups in total. The van der Waals surface area contributed by atoms with Crippen molar-refractivity contribution in [2.75, 3.05) is 39.5 Å². The van der Waals surface area contributed by atoms with E-state index in [4.69, 9.17) is 21.1 Å². The Hall–Kier alpha value is -2.22. The van der Waals surface area contributed by atoms with Crippen LogP contribution in [0.5, 0.6) is 0 Å². The number of carbonyl (C=O) groups is 2. The molecule has 4 rings (SSSR count). The van der Waals surface area contributed by atoms with Crippen molar-refractivity contribution < 1.29 is 19.1 Å². The fraction of sp³-hybridized carbons (Fsp3) is 0.542. The van der Waals surface area contributed by atoms with Gasteiger partial charge in [0.05, 0.1) is 30.0 Å². The number of carbonyl (C=O) groups excluding carboxylic acids is 2. The lowest BCUT2D eigenvalue weighted by Gasteiger charge is -2.48. The Kier molecular flexibility index (Phi) is 7.28. The van der Waals surface area contributed by atoms with Crippen molar-refractivity contribution in [2.45, 2.75) is 44.6 Å². The van der Waals surface area contributed by atoms with Gasteiger partial charge in [-0.05, 0) is 44.0 Å². The number of fused-ring (bicyclic) bond motifs is 1. The molecule has 1 saturated heterocycles. The molecular weight excluding hydrogens is 430 g/mol. The Bertz CT molecular complexity index is 985. The van der Waals surface area contributed by atoms with E-state index in [-0.39, 0.29) is 18.1 Å². The number of aromatic nitrogens is 1. The molecule has 172 valence electrons. The molecule has 1 amide bonds. The number of morpholine rings is 1. The van der Waals surface area contributed by atoms with Gasteiger partial charge in [0.2, 0.25) is 0 Å². The number of benzene rings is 1. The SMILES string of the molecule is Cc1nc2ccc(Cl)cc2cc1C(=O)OCC(=O)NCC1(N2CCOCC2)CCCCC1. The Morgan fingerprint density at radius 3 is 2.69 bits per heavy atom. The highest BCUT2D eigenvalue weighted by molar-refractivity contribution is 6.31. The van der Waals surface area contributed by atoms with Crippen LogP contribution in [0.3, 0.4) is 0 Å². The Labute approximate surface area is 193 Å². The molecule has 32 heavy (non-hydrogen) atoms. The summed E-state index contributed by atoms with van der Waals surface area (Å²) in [5.74, 6) is -0.849. The van der Waals surface area contributed by atoms with Gasteiger partial charge in [0.1, 0.15) is 0 Å². The Morgan fingerprint density at radius 1 is 1.19 bits per heavy atom. The van der Waals surface area contributed by atoms with Gasteiger partial charge in [-0.1, -0.05) is 30.9 Å². The third kappa shape index (κ3) is 5.22. The lowest BCUT2D eigenvalue weighted by molar-refractivity contribution is -0.125. The first-order valence-electron chi connectivity index (χ1n) is 11.3. The van der Waals surface area contributed by atoms with Crippen molar-refractivity contribution in [3.05, 3.63) is 40.5 Å². The van der Waals surface area contributed by atoms with E-state index in [9.17, 15) is 9.59 Å². The number of aryl methyl sites for hydroxylation is 1. The number of esters is 1. The van der Waals surface area contributed by atoms with E-state index in [1.807, 2.05) is 6.07 Å². The average molecular weight is 460 g/mol. The van der Waals surface area contributed by atoms with Crippen LogP contribution in [-0.4, -0.2) is 66.8 Å². The number of pyridine rings is 1. The summed E-state index contributed by atoms with van der Waals surface area (Å²) < 4.78 is 10.8. The van der Waals surface area contributed by atoms with Gasteiger partial charge in [0, 0.05) is 35.6 Å². The predicted octanol–water partition coefficient (Wildman–Crippen LogP) is 3.50. The maximum Gasteiger partial charge on any atom is 0.340 e. The number of nitrogens with one attached hydrogen (secondary N) is 1. The van der Waals surface area contributed by atoms with Crippen molar-refractivity contribution in [2.24, 2.45) is 0 Å². The second-order valence-electron chi connectivity index (χ2n) is 8.70. The summed E-state index contributed by atoms with van der Waals surface area (Å²) >= 11 is 6.05. The lowest BCUT2D eigenvalue weighted by Crippen LogP contribution is -2.59. The summed E-state index contributed by atoms with van der Waals surface area (Å²) in [6.45, 7) is 5.25. The van der Waals surface area contributed by atoms with Gasteiger partial charge in [-0.25, -0.2) is 4.79 Å². The fourth-order valence-electron chi connectivity index (χ4n) is 4.83. The number of nitrogens with zero attached hydrogens (tertiary/aromatic N) is 2. The molecule has 1 aromatic carbocycles. The average Bonchev–Trinajstić information content (AvgIpc) is 2.82. The number of rotatable bonds is 6. The van der Waals surface area contributed by atoms with Gasteiger partial charge < -0.3 is 14.8 Å². The lowest BCUT2D eigenvalue weighted by atomic mass is 9.79. The first-order chi connectivity index (χ1) is 15.5. The third-order valence-electron chi connectivity index (χ3n) is 6.60. The number of ether oxygens (including phenoxy) is 2. The molecule has 8 heteroatoms. The van der Waals surface area contributed by atoms with E-state index in [2.05, 4.69) is 15.2 Å². The molecule has 7 nitrogen and oxygen atoms in total. The molecular formula is C24H30ClN3O4. The zero-order valence-corrected chi connectivity index (χ0v) is 19.2. The number of amides is 1. The number of halogens is 1. The van der Waals surface area contributed by atoms with Crippen LogP contribution in [0.25, 0.3) is 10.9 Å². The third-order valence-corrected chi connectivity index (χ3v) is 6.84. The molecule has 0 atom stereocenters. The second-order valence-corrected chi connectivity index (χ2v) is 9.13. The maximum atomic E-state index is 12.6. The second kappa shape index (κ2) is 10.1. The minimum absolute atomic E-state index is 0.0280. The number of hydrogen-bond acceptors (Lipinski definition) is 6. The molecule has 2 aromatic rings.